The van der Waals surface area contributed by atoms with Crippen LogP contribution in [0.5, 0.6) is 0 Å². The molecule has 4 aliphatic rings. The Morgan fingerprint density at radius 1 is 1.00 bits per heavy atom. The highest BCUT2D eigenvalue weighted by molar-refractivity contribution is 6.08. The first-order chi connectivity index (χ1) is 15.9. The van der Waals surface area contributed by atoms with Gasteiger partial charge in [-0.2, -0.15) is 0 Å². The molecule has 2 aromatic rings. The molecule has 2 saturated carbocycles. The molecular weight excluding hydrogens is 418 g/mol. The molecule has 1 aromatic carbocycles. The number of nitrogens with zero attached hydrogens (tertiary/aromatic N) is 2. The van der Waals surface area contributed by atoms with E-state index >= 15 is 0 Å². The van der Waals surface area contributed by atoms with Crippen molar-refractivity contribution in [3.05, 3.63) is 58.0 Å². The number of ether oxygens (including phenoxy) is 1. The lowest BCUT2D eigenvalue weighted by Gasteiger charge is -2.46. The summed E-state index contributed by atoms with van der Waals surface area (Å²) < 4.78 is 7.40. The number of pyridine rings is 1. The van der Waals surface area contributed by atoms with E-state index in [4.69, 9.17) is 4.74 Å². The maximum Gasteiger partial charge on any atom is 0.325 e. The zero-order valence-corrected chi connectivity index (χ0v) is 19.1. The number of urea groups is 1. The fourth-order valence-electron chi connectivity index (χ4n) is 6.48. The number of aromatic nitrogens is 1. The van der Waals surface area contributed by atoms with E-state index in [-0.39, 0.29) is 29.0 Å². The van der Waals surface area contributed by atoms with Crippen LogP contribution in [-0.4, -0.2) is 41.7 Å². The van der Waals surface area contributed by atoms with Crippen LogP contribution in [0.1, 0.15) is 55.7 Å². The number of carbonyl (C=O) groups excluding carboxylic acids is 2. The molecule has 3 amide bonds. The van der Waals surface area contributed by atoms with Crippen LogP contribution in [0.4, 0.5) is 4.79 Å². The molecule has 1 N–H and O–H groups in total. The molecule has 6 rings (SSSR count). The van der Waals surface area contributed by atoms with Crippen molar-refractivity contribution in [3.63, 3.8) is 0 Å². The van der Waals surface area contributed by atoms with Gasteiger partial charge in [-0.3, -0.25) is 14.5 Å². The molecule has 1 aliphatic heterocycles. The first kappa shape index (κ1) is 20.7. The van der Waals surface area contributed by atoms with E-state index < -0.39 is 5.54 Å². The van der Waals surface area contributed by atoms with Crippen LogP contribution in [-0.2, 0) is 21.5 Å². The number of fused-ring (bicyclic) bond motifs is 3. The number of hydrogen-bond acceptors (Lipinski definition) is 4. The number of nitrogens with one attached hydrogen (secondary N) is 1. The lowest BCUT2D eigenvalue weighted by molar-refractivity contribution is -0.137. The molecule has 7 nitrogen and oxygen atoms in total. The molecule has 0 bridgehead atoms. The van der Waals surface area contributed by atoms with E-state index in [1.54, 1.807) is 24.8 Å². The first-order valence-electron chi connectivity index (χ1n) is 11.9. The summed E-state index contributed by atoms with van der Waals surface area (Å²) in [5, 5.41) is 3.13. The highest BCUT2D eigenvalue weighted by atomic mass is 16.5. The predicted octanol–water partition coefficient (Wildman–Crippen LogP) is 3.36. The largest absolute Gasteiger partial charge is 0.381 e. The molecule has 172 valence electrons. The summed E-state index contributed by atoms with van der Waals surface area (Å²) in [5.41, 5.74) is 2.29. The minimum atomic E-state index is -1.06. The van der Waals surface area contributed by atoms with Crippen molar-refractivity contribution < 1.29 is 14.3 Å². The molecule has 1 aromatic heterocycles. The minimum Gasteiger partial charge on any atom is -0.381 e. The number of rotatable bonds is 3. The Morgan fingerprint density at radius 3 is 2.33 bits per heavy atom. The third-order valence-corrected chi connectivity index (χ3v) is 8.51. The molecule has 33 heavy (non-hydrogen) atoms. The third-order valence-electron chi connectivity index (χ3n) is 8.51. The predicted molar refractivity (Wildman–Crippen MR) is 123 cm³/mol. The molecule has 7 heteroatoms. The summed E-state index contributed by atoms with van der Waals surface area (Å²) in [6.07, 6.45) is 8.29. The third kappa shape index (κ3) is 2.81. The smallest absolute Gasteiger partial charge is 0.325 e. The Hall–Kier alpha value is -2.93. The van der Waals surface area contributed by atoms with Gasteiger partial charge in [-0.1, -0.05) is 12.1 Å². The van der Waals surface area contributed by atoms with Crippen LogP contribution in [0, 0.1) is 5.41 Å². The van der Waals surface area contributed by atoms with Gasteiger partial charge in [-0.05, 0) is 79.3 Å². The van der Waals surface area contributed by atoms with Crippen molar-refractivity contribution in [3.8, 4) is 11.1 Å². The van der Waals surface area contributed by atoms with E-state index in [0.29, 0.717) is 6.04 Å². The van der Waals surface area contributed by atoms with E-state index in [2.05, 4.69) is 11.4 Å². The fourth-order valence-corrected chi connectivity index (χ4v) is 6.48. The van der Waals surface area contributed by atoms with Gasteiger partial charge >= 0.3 is 6.03 Å². The second-order valence-electron chi connectivity index (χ2n) is 10.2. The highest BCUT2D eigenvalue weighted by Gasteiger charge is 2.67. The Bertz CT molecular complexity index is 1220. The van der Waals surface area contributed by atoms with E-state index in [9.17, 15) is 14.4 Å². The number of methoxy groups -OCH3 is 1. The SMILES string of the molecule is COC1CCC2(CC1)Cc1ccc(-c3ccn(C4CC4)c(=O)c3)cc1C21NC(=O)N(C)C1=O. The van der Waals surface area contributed by atoms with Crippen molar-refractivity contribution in [1.29, 1.82) is 0 Å². The molecule has 1 atom stereocenters. The summed E-state index contributed by atoms with van der Waals surface area (Å²) in [6.45, 7) is 0. The van der Waals surface area contributed by atoms with E-state index in [1.807, 2.05) is 24.4 Å². The van der Waals surface area contributed by atoms with Crippen molar-refractivity contribution in [2.75, 3.05) is 14.2 Å². The molecule has 0 radical (unpaired) electrons. The molecule has 1 unspecified atom stereocenters. The van der Waals surface area contributed by atoms with Gasteiger partial charge in [0.15, 0.2) is 5.54 Å². The molecule has 3 aliphatic carbocycles. The lowest BCUT2D eigenvalue weighted by Crippen LogP contribution is -2.56. The summed E-state index contributed by atoms with van der Waals surface area (Å²) in [6, 6.07) is 9.78. The number of imide groups is 1. The van der Waals surface area contributed by atoms with Crippen LogP contribution < -0.4 is 10.9 Å². The number of carbonyl (C=O) groups is 2. The van der Waals surface area contributed by atoms with Gasteiger partial charge < -0.3 is 14.6 Å². The second-order valence-corrected chi connectivity index (χ2v) is 10.2. The van der Waals surface area contributed by atoms with Gasteiger partial charge in [0, 0.05) is 37.9 Å². The van der Waals surface area contributed by atoms with Crippen molar-refractivity contribution in [1.82, 2.24) is 14.8 Å². The molecule has 2 spiro atoms. The molecule has 2 heterocycles. The average Bonchev–Trinajstić information content (AvgIpc) is 3.59. The number of hydrogen-bond donors (Lipinski definition) is 1. The van der Waals surface area contributed by atoms with E-state index in [1.165, 1.54) is 4.90 Å². The number of likely N-dealkylation sites (N-methyl/N-ethyl adjacent to an activating group) is 1. The Kier molecular flexibility index (Phi) is 4.40. The summed E-state index contributed by atoms with van der Waals surface area (Å²) in [7, 11) is 3.29. The van der Waals surface area contributed by atoms with Gasteiger partial charge in [0.1, 0.15) is 0 Å². The standard InChI is InChI=1S/C26H29N3O4/c1-28-23(31)26(27-24(28)32)21-13-16(17-9-12-29(19-5-6-19)22(30)14-17)3-4-18(21)15-25(26)10-7-20(33-2)8-11-25/h3-4,9,12-14,19-20H,5-8,10-11,15H2,1-2H3,(H,27,32). The lowest BCUT2D eigenvalue weighted by atomic mass is 9.61. The fraction of sp³-hybridized carbons (Fsp3) is 0.500. The van der Waals surface area contributed by atoms with Crippen LogP contribution in [0.2, 0.25) is 0 Å². The summed E-state index contributed by atoms with van der Waals surface area (Å²) in [5.74, 6) is -0.177. The second kappa shape index (κ2) is 7.03. The van der Waals surface area contributed by atoms with Crippen molar-refractivity contribution in [2.24, 2.45) is 5.41 Å². The molecule has 1 saturated heterocycles. The molecule has 3 fully saturated rings. The molecular formula is C26H29N3O4. The van der Waals surface area contributed by atoms with Crippen LogP contribution in [0.25, 0.3) is 11.1 Å². The maximum absolute atomic E-state index is 13.7. The van der Waals surface area contributed by atoms with Gasteiger partial charge in [-0.25, -0.2) is 4.79 Å². The van der Waals surface area contributed by atoms with E-state index in [0.717, 1.165) is 67.2 Å². The van der Waals surface area contributed by atoms with Gasteiger partial charge in [0.25, 0.3) is 11.5 Å². The first-order valence-corrected chi connectivity index (χ1v) is 11.9. The normalized spacial score (nSPS) is 30.8. The minimum absolute atomic E-state index is 0.00421. The summed E-state index contributed by atoms with van der Waals surface area (Å²) in [4.78, 5) is 40.3. The number of benzene rings is 1. The van der Waals surface area contributed by atoms with Crippen molar-refractivity contribution >= 4 is 11.9 Å². The zero-order valence-electron chi connectivity index (χ0n) is 19.1. The van der Waals surface area contributed by atoms with Crippen molar-refractivity contribution in [2.45, 2.75) is 62.6 Å². The Morgan fingerprint density at radius 2 is 1.73 bits per heavy atom. The average molecular weight is 448 g/mol. The topological polar surface area (TPSA) is 80.6 Å². The van der Waals surface area contributed by atoms with Gasteiger partial charge in [-0.15, -0.1) is 0 Å². The van der Waals surface area contributed by atoms with Crippen LogP contribution >= 0.6 is 0 Å². The quantitative estimate of drug-likeness (QED) is 0.732. The van der Waals surface area contributed by atoms with Gasteiger partial charge in [0.05, 0.1) is 6.10 Å². The van der Waals surface area contributed by atoms with Gasteiger partial charge in [0.2, 0.25) is 0 Å². The number of amides is 3. The zero-order chi connectivity index (χ0) is 23.0. The monoisotopic (exact) mass is 447 g/mol. The highest BCUT2D eigenvalue weighted by Crippen LogP contribution is 2.60. The Labute approximate surface area is 192 Å². The van der Waals surface area contributed by atoms with Crippen LogP contribution in [0.3, 0.4) is 0 Å². The Balaban J connectivity index is 1.46. The van der Waals surface area contributed by atoms with Crippen LogP contribution in [0.15, 0.2) is 41.3 Å². The maximum atomic E-state index is 13.7. The summed E-state index contributed by atoms with van der Waals surface area (Å²) >= 11 is 0.